The Morgan fingerprint density at radius 3 is 2.18 bits per heavy atom. The molecule has 0 aliphatic carbocycles. The Morgan fingerprint density at radius 2 is 1.58 bits per heavy atom. The van der Waals surface area contributed by atoms with Gasteiger partial charge in [-0.05, 0) is 66.6 Å². The lowest BCUT2D eigenvalue weighted by Crippen LogP contribution is -2.26. The Kier molecular flexibility index (Phi) is 8.15. The van der Waals surface area contributed by atoms with Gasteiger partial charge in [0.05, 0.1) is 19.8 Å². The number of ether oxygens (including phenoxy) is 3. The highest BCUT2D eigenvalue weighted by Gasteiger charge is 2.41. The van der Waals surface area contributed by atoms with Crippen molar-refractivity contribution in [2.45, 2.75) is 25.6 Å². The summed E-state index contributed by atoms with van der Waals surface area (Å²) in [6.07, 6.45) is -4.77. The van der Waals surface area contributed by atoms with Crippen molar-refractivity contribution in [3.8, 4) is 17.2 Å². The summed E-state index contributed by atoms with van der Waals surface area (Å²) in [6.45, 7) is 0.499. The lowest BCUT2D eigenvalue weighted by molar-refractivity contribution is -0.163. The Morgan fingerprint density at radius 1 is 0.909 bits per heavy atom. The van der Waals surface area contributed by atoms with E-state index >= 15 is 0 Å². The lowest BCUT2D eigenvalue weighted by atomic mass is 9.98. The highest BCUT2D eigenvalue weighted by Crippen LogP contribution is 2.37. The molecule has 3 aromatic carbocycles. The molecule has 1 atom stereocenters. The van der Waals surface area contributed by atoms with E-state index in [9.17, 15) is 22.0 Å². The van der Waals surface area contributed by atoms with Crippen molar-refractivity contribution in [2.75, 3.05) is 13.2 Å². The molecule has 0 saturated heterocycles. The molecule has 0 unspecified atom stereocenters. The standard InChI is InChI=1S/C24H20ClF5O3/c1-2-32-23-21(26)11-16(12-22(23)27)20(24(28,29)30)14-31-13-15-4-3-5-19(10-15)33-18-8-6-17(25)7-9-18/h3-12,20H,2,13-14H2,1H3/t20-/m1/s1. The van der Waals surface area contributed by atoms with Crippen LogP contribution in [0.1, 0.15) is 24.0 Å². The van der Waals surface area contributed by atoms with E-state index in [0.29, 0.717) is 34.2 Å². The van der Waals surface area contributed by atoms with Gasteiger partial charge in [0.25, 0.3) is 0 Å². The van der Waals surface area contributed by atoms with Crippen LogP contribution in [0.3, 0.4) is 0 Å². The monoisotopic (exact) mass is 486 g/mol. The quantitative estimate of drug-likeness (QED) is 0.290. The van der Waals surface area contributed by atoms with Gasteiger partial charge < -0.3 is 14.2 Å². The average Bonchev–Trinajstić information content (AvgIpc) is 2.75. The maximum atomic E-state index is 14.1. The van der Waals surface area contributed by atoms with Crippen LogP contribution in [0.5, 0.6) is 17.2 Å². The topological polar surface area (TPSA) is 27.7 Å². The van der Waals surface area contributed by atoms with Gasteiger partial charge in [0.1, 0.15) is 17.4 Å². The molecule has 0 aliphatic rings. The van der Waals surface area contributed by atoms with Gasteiger partial charge in [-0.15, -0.1) is 0 Å². The van der Waals surface area contributed by atoms with Crippen LogP contribution in [0.15, 0.2) is 60.7 Å². The number of benzene rings is 3. The first-order valence-corrected chi connectivity index (χ1v) is 10.3. The van der Waals surface area contributed by atoms with Crippen LogP contribution < -0.4 is 9.47 Å². The molecular weight excluding hydrogens is 467 g/mol. The van der Waals surface area contributed by atoms with Crippen LogP contribution in [0.25, 0.3) is 0 Å². The molecule has 3 nitrogen and oxygen atoms in total. The number of hydrogen-bond donors (Lipinski definition) is 0. The molecule has 3 aromatic rings. The maximum Gasteiger partial charge on any atom is 0.397 e. The molecule has 0 fully saturated rings. The number of alkyl halides is 3. The molecule has 33 heavy (non-hydrogen) atoms. The van der Waals surface area contributed by atoms with Gasteiger partial charge in [-0.1, -0.05) is 23.7 Å². The third-order valence-corrected chi connectivity index (χ3v) is 4.86. The summed E-state index contributed by atoms with van der Waals surface area (Å²) >= 11 is 5.84. The van der Waals surface area contributed by atoms with E-state index in [1.165, 1.54) is 6.92 Å². The highest BCUT2D eigenvalue weighted by atomic mass is 35.5. The van der Waals surface area contributed by atoms with E-state index in [0.717, 1.165) is 0 Å². The molecule has 176 valence electrons. The van der Waals surface area contributed by atoms with Gasteiger partial charge in [0, 0.05) is 5.02 Å². The van der Waals surface area contributed by atoms with E-state index in [2.05, 4.69) is 0 Å². The molecular formula is C24H20ClF5O3. The lowest BCUT2D eigenvalue weighted by Gasteiger charge is -2.21. The minimum atomic E-state index is -4.77. The Hall–Kier alpha value is -2.84. The summed E-state index contributed by atoms with van der Waals surface area (Å²) in [5.41, 5.74) is -0.0211. The summed E-state index contributed by atoms with van der Waals surface area (Å²) < 4.78 is 84.7. The molecule has 3 rings (SSSR count). The molecule has 0 aliphatic heterocycles. The van der Waals surface area contributed by atoms with Crippen LogP contribution in [0.4, 0.5) is 22.0 Å². The van der Waals surface area contributed by atoms with Gasteiger partial charge in [0.2, 0.25) is 0 Å². The van der Waals surface area contributed by atoms with Crippen LogP contribution in [-0.2, 0) is 11.3 Å². The van der Waals surface area contributed by atoms with E-state index in [4.69, 9.17) is 25.8 Å². The molecule has 0 bridgehead atoms. The molecule has 0 saturated carbocycles. The summed E-state index contributed by atoms with van der Waals surface area (Å²) in [7, 11) is 0. The van der Waals surface area contributed by atoms with Crippen LogP contribution in [-0.4, -0.2) is 19.4 Å². The highest BCUT2D eigenvalue weighted by molar-refractivity contribution is 6.30. The first-order valence-electron chi connectivity index (χ1n) is 9.96. The molecule has 0 amide bonds. The van der Waals surface area contributed by atoms with Gasteiger partial charge in [-0.25, -0.2) is 8.78 Å². The minimum Gasteiger partial charge on any atom is -0.488 e. The van der Waals surface area contributed by atoms with Crippen LogP contribution in [0, 0.1) is 11.6 Å². The summed E-state index contributed by atoms with van der Waals surface area (Å²) in [6, 6.07) is 14.5. The summed E-state index contributed by atoms with van der Waals surface area (Å²) in [5.74, 6) is -4.33. The smallest absolute Gasteiger partial charge is 0.397 e. The zero-order valence-corrected chi connectivity index (χ0v) is 18.2. The zero-order valence-electron chi connectivity index (χ0n) is 17.5. The van der Waals surface area contributed by atoms with Crippen molar-refractivity contribution >= 4 is 11.6 Å². The van der Waals surface area contributed by atoms with Crippen molar-refractivity contribution in [3.05, 3.63) is 88.4 Å². The second-order valence-corrected chi connectivity index (χ2v) is 7.50. The fraction of sp³-hybridized carbons (Fsp3) is 0.250. The number of hydrogen-bond acceptors (Lipinski definition) is 3. The average molecular weight is 487 g/mol. The van der Waals surface area contributed by atoms with Crippen molar-refractivity contribution in [1.82, 2.24) is 0 Å². The molecule has 0 spiro atoms. The predicted molar refractivity (Wildman–Crippen MR) is 114 cm³/mol. The van der Waals surface area contributed by atoms with E-state index < -0.39 is 41.6 Å². The van der Waals surface area contributed by atoms with Crippen molar-refractivity contribution in [3.63, 3.8) is 0 Å². The third-order valence-electron chi connectivity index (χ3n) is 4.61. The second-order valence-electron chi connectivity index (χ2n) is 7.06. The Labute approximate surface area is 192 Å². The Bertz CT molecular complexity index is 1050. The van der Waals surface area contributed by atoms with Gasteiger partial charge in [0.15, 0.2) is 17.4 Å². The first-order chi connectivity index (χ1) is 15.7. The molecule has 0 radical (unpaired) electrons. The minimum absolute atomic E-state index is 0.0280. The van der Waals surface area contributed by atoms with E-state index in [1.807, 2.05) is 0 Å². The molecule has 0 aromatic heterocycles. The molecule has 0 N–H and O–H groups in total. The predicted octanol–water partition coefficient (Wildman–Crippen LogP) is 7.67. The van der Waals surface area contributed by atoms with Crippen LogP contribution >= 0.6 is 11.6 Å². The van der Waals surface area contributed by atoms with Crippen molar-refractivity contribution < 1.29 is 36.2 Å². The fourth-order valence-corrected chi connectivity index (χ4v) is 3.20. The Balaban J connectivity index is 1.68. The largest absolute Gasteiger partial charge is 0.488 e. The SMILES string of the molecule is CCOc1c(F)cc([C@@H](COCc2cccc(Oc3ccc(Cl)cc3)c2)C(F)(F)F)cc1F. The summed E-state index contributed by atoms with van der Waals surface area (Å²) in [5, 5.41) is 0.552. The normalized spacial score (nSPS) is 12.5. The summed E-state index contributed by atoms with van der Waals surface area (Å²) in [4.78, 5) is 0. The first kappa shape index (κ1) is 24.8. The zero-order chi connectivity index (χ0) is 24.0. The third kappa shape index (κ3) is 6.82. The molecule has 9 heteroatoms. The fourth-order valence-electron chi connectivity index (χ4n) is 3.07. The maximum absolute atomic E-state index is 14.1. The van der Waals surface area contributed by atoms with Gasteiger partial charge >= 0.3 is 6.18 Å². The number of rotatable bonds is 9. The van der Waals surface area contributed by atoms with Crippen LogP contribution in [0.2, 0.25) is 5.02 Å². The van der Waals surface area contributed by atoms with Crippen molar-refractivity contribution in [1.29, 1.82) is 0 Å². The molecule has 0 heterocycles. The second kappa shape index (κ2) is 10.9. The van der Waals surface area contributed by atoms with E-state index in [-0.39, 0.29) is 13.2 Å². The van der Waals surface area contributed by atoms with Gasteiger partial charge in [-0.2, -0.15) is 13.2 Å². The van der Waals surface area contributed by atoms with E-state index in [1.54, 1.807) is 48.5 Å². The van der Waals surface area contributed by atoms with Crippen molar-refractivity contribution in [2.24, 2.45) is 0 Å². The van der Waals surface area contributed by atoms with Gasteiger partial charge in [-0.3, -0.25) is 0 Å². The number of halogens is 6.